The first-order valence-electron chi connectivity index (χ1n) is 6.23. The molecule has 17 heavy (non-hydrogen) atoms. The number of aromatic nitrogens is 3. The van der Waals surface area contributed by atoms with Crippen LogP contribution in [0.1, 0.15) is 30.7 Å². The summed E-state index contributed by atoms with van der Waals surface area (Å²) in [6.07, 6.45) is 3.52. The van der Waals surface area contributed by atoms with Crippen LogP contribution in [0.15, 0.2) is 0 Å². The molecule has 1 fully saturated rings. The molecule has 0 amide bonds. The highest BCUT2D eigenvalue weighted by Crippen LogP contribution is 2.31. The Labute approximate surface area is 102 Å². The number of anilines is 1. The minimum atomic E-state index is 0.290. The van der Waals surface area contributed by atoms with Crippen LogP contribution in [0.3, 0.4) is 0 Å². The molecule has 5 heteroatoms. The summed E-state index contributed by atoms with van der Waals surface area (Å²) in [5.74, 6) is 1.56. The molecule has 0 spiro atoms. The molecule has 0 radical (unpaired) electrons. The molecule has 0 aliphatic heterocycles. The van der Waals surface area contributed by atoms with Gasteiger partial charge in [0.1, 0.15) is 0 Å². The summed E-state index contributed by atoms with van der Waals surface area (Å²) in [5.41, 5.74) is 1.78. The Morgan fingerprint density at radius 1 is 1.18 bits per heavy atom. The van der Waals surface area contributed by atoms with Crippen LogP contribution in [0.5, 0.6) is 0 Å². The molecule has 1 aromatic rings. The second-order valence-electron chi connectivity index (χ2n) is 4.82. The van der Waals surface area contributed by atoms with Crippen LogP contribution in [0.2, 0.25) is 0 Å². The molecule has 2 rings (SSSR count). The Morgan fingerprint density at radius 3 is 2.65 bits per heavy atom. The molecule has 1 aromatic heterocycles. The van der Waals surface area contributed by atoms with Gasteiger partial charge in [0.05, 0.1) is 11.4 Å². The molecule has 0 aromatic carbocycles. The van der Waals surface area contributed by atoms with E-state index in [9.17, 15) is 5.11 Å². The molecule has 2 unspecified atom stereocenters. The van der Waals surface area contributed by atoms with Gasteiger partial charge in [-0.3, -0.25) is 0 Å². The number of aryl methyl sites for hydroxylation is 2. The Balaban J connectivity index is 1.91. The van der Waals surface area contributed by atoms with Crippen molar-refractivity contribution in [3.63, 3.8) is 0 Å². The maximum absolute atomic E-state index is 9.24. The summed E-state index contributed by atoms with van der Waals surface area (Å²) in [5, 5.41) is 20.5. The third-order valence-corrected chi connectivity index (χ3v) is 3.67. The first-order chi connectivity index (χ1) is 8.20. The van der Waals surface area contributed by atoms with E-state index in [2.05, 4.69) is 20.5 Å². The summed E-state index contributed by atoms with van der Waals surface area (Å²) in [7, 11) is 0. The number of aliphatic hydroxyl groups excluding tert-OH is 1. The molecule has 2 N–H and O–H groups in total. The minimum absolute atomic E-state index is 0.290. The zero-order chi connectivity index (χ0) is 12.3. The van der Waals surface area contributed by atoms with Gasteiger partial charge in [-0.1, -0.05) is 6.42 Å². The third-order valence-electron chi connectivity index (χ3n) is 3.67. The highest BCUT2D eigenvalue weighted by molar-refractivity contribution is 5.24. The monoisotopic (exact) mass is 236 g/mol. The highest BCUT2D eigenvalue weighted by atomic mass is 16.3. The Morgan fingerprint density at radius 2 is 1.94 bits per heavy atom. The van der Waals surface area contributed by atoms with Crippen molar-refractivity contribution in [2.45, 2.75) is 33.1 Å². The molecule has 0 saturated heterocycles. The average molecular weight is 236 g/mol. The van der Waals surface area contributed by atoms with Gasteiger partial charge in [0.15, 0.2) is 0 Å². The molecule has 2 atom stereocenters. The summed E-state index contributed by atoms with van der Waals surface area (Å²) in [6, 6.07) is 0. The second-order valence-corrected chi connectivity index (χ2v) is 4.82. The molecular formula is C12H20N4O. The predicted octanol–water partition coefficient (Wildman–Crippen LogP) is 1.31. The highest BCUT2D eigenvalue weighted by Gasteiger charge is 2.26. The Bertz CT molecular complexity index is 383. The number of hydrogen-bond acceptors (Lipinski definition) is 5. The van der Waals surface area contributed by atoms with Crippen molar-refractivity contribution in [1.29, 1.82) is 0 Å². The molecule has 1 heterocycles. The lowest BCUT2D eigenvalue weighted by Crippen LogP contribution is -2.22. The molecule has 1 aliphatic carbocycles. The van der Waals surface area contributed by atoms with Gasteiger partial charge in [0.25, 0.3) is 0 Å². The van der Waals surface area contributed by atoms with E-state index in [-0.39, 0.29) is 0 Å². The Kier molecular flexibility index (Phi) is 3.89. The van der Waals surface area contributed by atoms with Gasteiger partial charge in [-0.25, -0.2) is 4.98 Å². The van der Waals surface area contributed by atoms with Crippen molar-refractivity contribution >= 4 is 5.95 Å². The van der Waals surface area contributed by atoms with Crippen molar-refractivity contribution in [2.75, 3.05) is 18.5 Å². The fourth-order valence-corrected chi connectivity index (χ4v) is 2.38. The molecule has 1 saturated carbocycles. The van der Waals surface area contributed by atoms with Crippen molar-refractivity contribution < 1.29 is 5.11 Å². The number of hydrogen-bond donors (Lipinski definition) is 2. The van der Waals surface area contributed by atoms with Crippen molar-refractivity contribution in [3.8, 4) is 0 Å². The summed E-state index contributed by atoms with van der Waals surface area (Å²) in [4.78, 5) is 4.34. The van der Waals surface area contributed by atoms with E-state index in [0.717, 1.165) is 24.4 Å². The van der Waals surface area contributed by atoms with Gasteiger partial charge in [-0.15, -0.1) is 5.10 Å². The van der Waals surface area contributed by atoms with E-state index in [1.807, 2.05) is 13.8 Å². The van der Waals surface area contributed by atoms with Crippen molar-refractivity contribution in [1.82, 2.24) is 15.2 Å². The van der Waals surface area contributed by atoms with Gasteiger partial charge < -0.3 is 10.4 Å². The molecule has 0 bridgehead atoms. The molecule has 5 nitrogen and oxygen atoms in total. The number of nitrogens with zero attached hydrogens (tertiary/aromatic N) is 3. The topological polar surface area (TPSA) is 70.9 Å². The average Bonchev–Trinajstić information content (AvgIpc) is 2.78. The third kappa shape index (κ3) is 2.91. The van der Waals surface area contributed by atoms with Crippen molar-refractivity contribution in [3.05, 3.63) is 11.4 Å². The fraction of sp³-hybridized carbons (Fsp3) is 0.750. The van der Waals surface area contributed by atoms with Crippen LogP contribution >= 0.6 is 0 Å². The van der Waals surface area contributed by atoms with Crippen LogP contribution in [0.25, 0.3) is 0 Å². The summed E-state index contributed by atoms with van der Waals surface area (Å²) >= 11 is 0. The first kappa shape index (κ1) is 12.2. The van der Waals surface area contributed by atoms with Gasteiger partial charge in [0, 0.05) is 13.2 Å². The lowest BCUT2D eigenvalue weighted by Gasteiger charge is -2.17. The van der Waals surface area contributed by atoms with E-state index in [4.69, 9.17) is 0 Å². The smallest absolute Gasteiger partial charge is 0.242 e. The SMILES string of the molecule is Cc1nnc(NCC2CCCC2CO)nc1C. The summed E-state index contributed by atoms with van der Waals surface area (Å²) in [6.45, 7) is 4.95. The fourth-order valence-electron chi connectivity index (χ4n) is 2.38. The molecule has 1 aliphatic rings. The van der Waals surface area contributed by atoms with Crippen LogP contribution in [0, 0.1) is 25.7 Å². The number of aliphatic hydroxyl groups is 1. The lowest BCUT2D eigenvalue weighted by atomic mass is 9.97. The van der Waals surface area contributed by atoms with Crippen LogP contribution in [-0.4, -0.2) is 33.4 Å². The molecular weight excluding hydrogens is 216 g/mol. The Hall–Kier alpha value is -1.23. The van der Waals surface area contributed by atoms with Gasteiger partial charge in [-0.2, -0.15) is 5.10 Å². The largest absolute Gasteiger partial charge is 0.396 e. The number of nitrogens with one attached hydrogen (secondary N) is 1. The zero-order valence-corrected chi connectivity index (χ0v) is 10.5. The number of rotatable bonds is 4. The van der Waals surface area contributed by atoms with E-state index < -0.39 is 0 Å². The van der Waals surface area contributed by atoms with Crippen molar-refractivity contribution in [2.24, 2.45) is 11.8 Å². The maximum Gasteiger partial charge on any atom is 0.242 e. The molecule has 94 valence electrons. The zero-order valence-electron chi connectivity index (χ0n) is 10.5. The minimum Gasteiger partial charge on any atom is -0.396 e. The summed E-state index contributed by atoms with van der Waals surface area (Å²) < 4.78 is 0. The van der Waals surface area contributed by atoms with Crippen LogP contribution < -0.4 is 5.32 Å². The standard InChI is InChI=1S/C12H20N4O/c1-8-9(2)15-16-12(14-8)13-6-10-4-3-5-11(10)7-17/h10-11,17H,3-7H2,1-2H3,(H,13,14,16). The second kappa shape index (κ2) is 5.40. The van der Waals surface area contributed by atoms with E-state index >= 15 is 0 Å². The lowest BCUT2D eigenvalue weighted by molar-refractivity contribution is 0.198. The first-order valence-corrected chi connectivity index (χ1v) is 6.23. The van der Waals surface area contributed by atoms with Gasteiger partial charge >= 0.3 is 0 Å². The van der Waals surface area contributed by atoms with Crippen LogP contribution in [-0.2, 0) is 0 Å². The van der Waals surface area contributed by atoms with E-state index in [1.165, 1.54) is 12.8 Å². The van der Waals surface area contributed by atoms with Crippen LogP contribution in [0.4, 0.5) is 5.95 Å². The van der Waals surface area contributed by atoms with Gasteiger partial charge in [0.2, 0.25) is 5.95 Å². The quantitative estimate of drug-likeness (QED) is 0.824. The maximum atomic E-state index is 9.24. The van der Waals surface area contributed by atoms with Gasteiger partial charge in [-0.05, 0) is 38.5 Å². The van der Waals surface area contributed by atoms with E-state index in [0.29, 0.717) is 24.4 Å². The predicted molar refractivity (Wildman–Crippen MR) is 65.7 cm³/mol. The van der Waals surface area contributed by atoms with E-state index in [1.54, 1.807) is 0 Å². The normalized spacial score (nSPS) is 23.9.